The van der Waals surface area contributed by atoms with Gasteiger partial charge in [-0.1, -0.05) is 12.1 Å². The number of para-hydroxylation sites is 2. The lowest BCUT2D eigenvalue weighted by Crippen LogP contribution is -2.16. The molecule has 9 heteroatoms. The van der Waals surface area contributed by atoms with Crippen LogP contribution in [0.3, 0.4) is 0 Å². The summed E-state index contributed by atoms with van der Waals surface area (Å²) in [5.74, 6) is -0.372. The van der Waals surface area contributed by atoms with Crippen molar-refractivity contribution < 1.29 is 9.18 Å². The van der Waals surface area contributed by atoms with E-state index in [1.165, 1.54) is 41.1 Å². The second-order valence-electron chi connectivity index (χ2n) is 5.83. The van der Waals surface area contributed by atoms with Gasteiger partial charge in [-0.3, -0.25) is 9.59 Å². The van der Waals surface area contributed by atoms with E-state index in [1.807, 2.05) is 0 Å². The number of fused-ring (bicyclic) bond motifs is 1. The third-order valence-corrected chi connectivity index (χ3v) is 4.97. The highest BCUT2D eigenvalue weighted by Gasteiger charge is 2.13. The monoisotopic (exact) mass is 395 g/mol. The summed E-state index contributed by atoms with van der Waals surface area (Å²) in [5, 5.41) is 7.45. The Kier molecular flexibility index (Phi) is 4.90. The van der Waals surface area contributed by atoms with Crippen molar-refractivity contribution in [2.75, 3.05) is 11.1 Å². The molecule has 0 spiro atoms. The van der Waals surface area contributed by atoms with Crippen LogP contribution in [0.15, 0.2) is 70.7 Å². The molecule has 28 heavy (non-hydrogen) atoms. The standard InChI is InChI=1S/C19H14FN5O2S/c20-12-5-7-13(8-6-12)28-10-17(26)24-15-3-1-2-4-16(15)25-18-14(9-23-25)19(27)22-11-21-18/h1-9,11H,10H2,(H,24,26)(H,21,22,27). The van der Waals surface area contributed by atoms with Gasteiger partial charge in [-0.2, -0.15) is 5.10 Å². The van der Waals surface area contributed by atoms with E-state index in [4.69, 9.17) is 0 Å². The van der Waals surface area contributed by atoms with Gasteiger partial charge in [0, 0.05) is 4.90 Å². The maximum absolute atomic E-state index is 13.0. The van der Waals surface area contributed by atoms with Crippen molar-refractivity contribution in [3.63, 3.8) is 0 Å². The normalized spacial score (nSPS) is 10.9. The number of halogens is 1. The SMILES string of the molecule is O=C(CSc1ccc(F)cc1)Nc1ccccc1-n1ncc2c(=O)[nH]cnc21. The van der Waals surface area contributed by atoms with Crippen LogP contribution in [0.5, 0.6) is 0 Å². The van der Waals surface area contributed by atoms with E-state index < -0.39 is 0 Å². The molecule has 0 fully saturated rings. The van der Waals surface area contributed by atoms with Gasteiger partial charge in [-0.15, -0.1) is 11.8 Å². The molecule has 2 N–H and O–H groups in total. The third kappa shape index (κ3) is 3.65. The van der Waals surface area contributed by atoms with Crippen LogP contribution in [0.4, 0.5) is 10.1 Å². The van der Waals surface area contributed by atoms with Crippen molar-refractivity contribution in [1.82, 2.24) is 19.7 Å². The molecule has 140 valence electrons. The Morgan fingerprint density at radius 3 is 2.79 bits per heavy atom. The van der Waals surface area contributed by atoms with E-state index in [2.05, 4.69) is 20.4 Å². The summed E-state index contributed by atoms with van der Waals surface area (Å²) in [4.78, 5) is 31.8. The Bertz CT molecular complexity index is 1200. The Morgan fingerprint density at radius 2 is 1.96 bits per heavy atom. The minimum Gasteiger partial charge on any atom is -0.323 e. The number of amides is 1. The van der Waals surface area contributed by atoms with Crippen LogP contribution in [0, 0.1) is 5.82 Å². The van der Waals surface area contributed by atoms with Gasteiger partial charge in [0.05, 0.1) is 29.7 Å². The molecule has 0 aliphatic rings. The van der Waals surface area contributed by atoms with Gasteiger partial charge < -0.3 is 10.3 Å². The Hall–Kier alpha value is -3.46. The average Bonchev–Trinajstić information content (AvgIpc) is 3.13. The minimum absolute atomic E-state index is 0.164. The average molecular weight is 395 g/mol. The Morgan fingerprint density at radius 1 is 1.18 bits per heavy atom. The maximum atomic E-state index is 13.0. The first-order chi connectivity index (χ1) is 13.6. The summed E-state index contributed by atoms with van der Waals surface area (Å²) < 4.78 is 14.5. The molecule has 4 aromatic rings. The number of rotatable bonds is 5. The van der Waals surface area contributed by atoms with Crippen LogP contribution in [0.25, 0.3) is 16.7 Å². The van der Waals surface area contributed by atoms with E-state index in [1.54, 1.807) is 36.4 Å². The minimum atomic E-state index is -0.318. The largest absolute Gasteiger partial charge is 0.323 e. The topological polar surface area (TPSA) is 92.7 Å². The van der Waals surface area contributed by atoms with E-state index in [0.717, 1.165) is 4.90 Å². The number of carbonyl (C=O) groups excluding carboxylic acids is 1. The van der Waals surface area contributed by atoms with Crippen molar-refractivity contribution in [2.24, 2.45) is 0 Å². The smallest absolute Gasteiger partial charge is 0.261 e. The molecule has 1 amide bonds. The number of thioether (sulfide) groups is 1. The first kappa shape index (κ1) is 17.9. The number of anilines is 1. The van der Waals surface area contributed by atoms with E-state index in [9.17, 15) is 14.0 Å². The zero-order chi connectivity index (χ0) is 19.5. The summed E-state index contributed by atoms with van der Waals surface area (Å²) in [5.41, 5.74) is 1.25. The van der Waals surface area contributed by atoms with E-state index >= 15 is 0 Å². The number of aromatic nitrogens is 4. The molecule has 4 rings (SSSR count). The number of nitrogens with one attached hydrogen (secondary N) is 2. The molecular formula is C19H14FN5O2S. The van der Waals surface area contributed by atoms with Gasteiger partial charge in [0.15, 0.2) is 5.65 Å². The quantitative estimate of drug-likeness (QED) is 0.507. The van der Waals surface area contributed by atoms with Crippen molar-refractivity contribution in [2.45, 2.75) is 4.90 Å². The fourth-order valence-electron chi connectivity index (χ4n) is 2.66. The van der Waals surface area contributed by atoms with Gasteiger partial charge in [0.25, 0.3) is 5.56 Å². The highest BCUT2D eigenvalue weighted by Crippen LogP contribution is 2.23. The Labute approximate surface area is 162 Å². The fourth-order valence-corrected chi connectivity index (χ4v) is 3.36. The maximum Gasteiger partial charge on any atom is 0.261 e. The number of aromatic amines is 1. The van der Waals surface area contributed by atoms with Crippen LogP contribution in [-0.2, 0) is 4.79 Å². The second kappa shape index (κ2) is 7.65. The molecule has 0 radical (unpaired) electrons. The van der Waals surface area contributed by atoms with Crippen LogP contribution < -0.4 is 10.9 Å². The molecule has 7 nitrogen and oxygen atoms in total. The van der Waals surface area contributed by atoms with Crippen LogP contribution in [-0.4, -0.2) is 31.4 Å². The lowest BCUT2D eigenvalue weighted by atomic mass is 10.2. The molecule has 0 aliphatic carbocycles. The van der Waals surface area contributed by atoms with E-state index in [0.29, 0.717) is 22.4 Å². The number of carbonyl (C=O) groups is 1. The summed E-state index contributed by atoms with van der Waals surface area (Å²) >= 11 is 1.31. The van der Waals surface area contributed by atoms with Crippen molar-refractivity contribution in [3.05, 3.63) is 77.2 Å². The number of H-pyrrole nitrogens is 1. The highest BCUT2D eigenvalue weighted by atomic mass is 32.2. The van der Waals surface area contributed by atoms with Crippen LogP contribution in [0.1, 0.15) is 0 Å². The molecule has 2 aromatic carbocycles. The predicted molar refractivity (Wildman–Crippen MR) is 105 cm³/mol. The first-order valence-electron chi connectivity index (χ1n) is 8.31. The molecular weight excluding hydrogens is 381 g/mol. The molecule has 0 saturated heterocycles. The molecule has 0 saturated carbocycles. The van der Waals surface area contributed by atoms with Crippen molar-refractivity contribution >= 4 is 34.4 Å². The van der Waals surface area contributed by atoms with Crippen LogP contribution in [0.2, 0.25) is 0 Å². The van der Waals surface area contributed by atoms with E-state index in [-0.39, 0.29) is 23.0 Å². The Balaban J connectivity index is 1.56. The second-order valence-corrected chi connectivity index (χ2v) is 6.88. The zero-order valence-electron chi connectivity index (χ0n) is 14.4. The lowest BCUT2D eigenvalue weighted by Gasteiger charge is -2.11. The lowest BCUT2D eigenvalue weighted by molar-refractivity contribution is -0.113. The number of benzene rings is 2. The van der Waals surface area contributed by atoms with Crippen molar-refractivity contribution in [1.29, 1.82) is 0 Å². The molecule has 2 heterocycles. The van der Waals surface area contributed by atoms with Crippen LogP contribution >= 0.6 is 11.8 Å². The number of hydrogen-bond donors (Lipinski definition) is 2. The summed E-state index contributed by atoms with van der Waals surface area (Å²) in [6.45, 7) is 0. The predicted octanol–water partition coefficient (Wildman–Crippen LogP) is 2.98. The van der Waals surface area contributed by atoms with Gasteiger partial charge in [-0.05, 0) is 36.4 Å². The highest BCUT2D eigenvalue weighted by molar-refractivity contribution is 8.00. The van der Waals surface area contributed by atoms with Gasteiger partial charge in [0.1, 0.15) is 11.2 Å². The zero-order valence-corrected chi connectivity index (χ0v) is 15.2. The molecule has 0 aliphatic heterocycles. The molecule has 0 bridgehead atoms. The number of nitrogens with zero attached hydrogens (tertiary/aromatic N) is 3. The summed E-state index contributed by atoms with van der Waals surface area (Å²) in [6.07, 6.45) is 2.74. The third-order valence-electron chi connectivity index (χ3n) is 3.96. The summed E-state index contributed by atoms with van der Waals surface area (Å²) in [6, 6.07) is 13.1. The van der Waals surface area contributed by atoms with Gasteiger partial charge in [0.2, 0.25) is 5.91 Å². The summed E-state index contributed by atoms with van der Waals surface area (Å²) in [7, 11) is 0. The molecule has 0 atom stereocenters. The van der Waals surface area contributed by atoms with Crippen molar-refractivity contribution in [3.8, 4) is 5.69 Å². The molecule has 0 unspecified atom stereocenters. The first-order valence-corrected chi connectivity index (χ1v) is 9.29. The molecule has 2 aromatic heterocycles. The number of hydrogen-bond acceptors (Lipinski definition) is 5. The van der Waals surface area contributed by atoms with Gasteiger partial charge >= 0.3 is 0 Å². The van der Waals surface area contributed by atoms with Gasteiger partial charge in [-0.25, -0.2) is 14.1 Å². The fraction of sp³-hybridized carbons (Fsp3) is 0.0526.